The Bertz CT molecular complexity index is 680. The van der Waals surface area contributed by atoms with Gasteiger partial charge in [0.05, 0.1) is 5.54 Å². The van der Waals surface area contributed by atoms with Crippen molar-refractivity contribution < 1.29 is 4.79 Å². The molecule has 1 N–H and O–H groups in total. The third-order valence-electron chi connectivity index (χ3n) is 3.86. The van der Waals surface area contributed by atoms with Crippen molar-refractivity contribution >= 4 is 23.3 Å². The molecule has 0 saturated heterocycles. The number of urea groups is 1. The van der Waals surface area contributed by atoms with Crippen molar-refractivity contribution in [3.63, 3.8) is 0 Å². The van der Waals surface area contributed by atoms with Gasteiger partial charge in [0.1, 0.15) is 0 Å². The Morgan fingerprint density at radius 3 is 2.39 bits per heavy atom. The highest BCUT2D eigenvalue weighted by atomic mass is 35.5. The summed E-state index contributed by atoms with van der Waals surface area (Å²) in [6.07, 6.45) is 0. The van der Waals surface area contributed by atoms with Crippen LogP contribution < -0.4 is 10.2 Å². The lowest BCUT2D eigenvalue weighted by atomic mass is 9.94. The SMILES string of the molecule is CCN(C(=O)NC(C)(C)c1ccc(Cl)cc1)c1cccc(C)c1. The number of hydrogen-bond donors (Lipinski definition) is 1. The van der Waals surface area contributed by atoms with Crippen LogP contribution in [0.1, 0.15) is 31.9 Å². The van der Waals surface area contributed by atoms with Gasteiger partial charge in [-0.25, -0.2) is 4.79 Å². The molecule has 0 unspecified atom stereocenters. The summed E-state index contributed by atoms with van der Waals surface area (Å²) in [4.78, 5) is 14.5. The second-order valence-electron chi connectivity index (χ2n) is 6.15. The van der Waals surface area contributed by atoms with Gasteiger partial charge in [-0.3, -0.25) is 4.90 Å². The summed E-state index contributed by atoms with van der Waals surface area (Å²) < 4.78 is 0. The van der Waals surface area contributed by atoms with Crippen molar-refractivity contribution in [2.24, 2.45) is 0 Å². The van der Waals surface area contributed by atoms with Crippen LogP contribution in [0.25, 0.3) is 0 Å². The van der Waals surface area contributed by atoms with E-state index in [2.05, 4.69) is 5.32 Å². The van der Waals surface area contributed by atoms with Crippen LogP contribution in [-0.4, -0.2) is 12.6 Å². The van der Waals surface area contributed by atoms with Gasteiger partial charge in [0.25, 0.3) is 0 Å². The van der Waals surface area contributed by atoms with Crippen molar-refractivity contribution in [2.45, 2.75) is 33.2 Å². The topological polar surface area (TPSA) is 32.3 Å². The Balaban J connectivity index is 2.20. The quantitative estimate of drug-likeness (QED) is 0.829. The van der Waals surface area contributed by atoms with Crippen molar-refractivity contribution in [3.8, 4) is 0 Å². The second kappa shape index (κ2) is 7.05. The molecule has 0 spiro atoms. The smallest absolute Gasteiger partial charge is 0.322 e. The van der Waals surface area contributed by atoms with Gasteiger partial charge in [-0.15, -0.1) is 0 Å². The lowest BCUT2D eigenvalue weighted by Crippen LogP contribution is -2.48. The number of benzene rings is 2. The number of amides is 2. The van der Waals surface area contributed by atoms with E-state index in [1.54, 1.807) is 4.90 Å². The van der Waals surface area contributed by atoms with Gasteiger partial charge in [0.15, 0.2) is 0 Å². The van der Waals surface area contributed by atoms with E-state index in [0.29, 0.717) is 11.6 Å². The average Bonchev–Trinajstić information content (AvgIpc) is 2.48. The number of aryl methyl sites for hydroxylation is 1. The molecule has 0 atom stereocenters. The van der Waals surface area contributed by atoms with Gasteiger partial charge in [-0.05, 0) is 63.1 Å². The maximum absolute atomic E-state index is 12.7. The van der Waals surface area contributed by atoms with Crippen LogP contribution in [-0.2, 0) is 5.54 Å². The fourth-order valence-electron chi connectivity index (χ4n) is 2.51. The normalized spacial score (nSPS) is 11.2. The molecule has 2 rings (SSSR count). The third-order valence-corrected chi connectivity index (χ3v) is 4.11. The van der Waals surface area contributed by atoms with Gasteiger partial charge in [-0.2, -0.15) is 0 Å². The van der Waals surface area contributed by atoms with Crippen LogP contribution in [0, 0.1) is 6.92 Å². The highest BCUT2D eigenvalue weighted by Gasteiger charge is 2.25. The molecule has 0 radical (unpaired) electrons. The Morgan fingerprint density at radius 1 is 1.17 bits per heavy atom. The van der Waals surface area contributed by atoms with Crippen molar-refractivity contribution in [2.75, 3.05) is 11.4 Å². The van der Waals surface area contributed by atoms with E-state index in [4.69, 9.17) is 11.6 Å². The molecular weight excluding hydrogens is 308 g/mol. The molecule has 2 aromatic rings. The van der Waals surface area contributed by atoms with Crippen LogP contribution in [0.4, 0.5) is 10.5 Å². The molecule has 0 aliphatic carbocycles. The maximum atomic E-state index is 12.7. The summed E-state index contributed by atoms with van der Waals surface area (Å²) in [7, 11) is 0. The Hall–Kier alpha value is -2.00. The molecule has 3 nitrogen and oxygen atoms in total. The second-order valence-corrected chi connectivity index (χ2v) is 6.58. The fourth-order valence-corrected chi connectivity index (χ4v) is 2.64. The number of rotatable bonds is 4. The number of carbonyl (C=O) groups is 1. The molecule has 2 aromatic carbocycles. The fraction of sp³-hybridized carbons (Fsp3) is 0.316. The first kappa shape index (κ1) is 17.4. The zero-order valence-corrected chi connectivity index (χ0v) is 14.8. The van der Waals surface area contributed by atoms with Crippen LogP contribution >= 0.6 is 11.6 Å². The maximum Gasteiger partial charge on any atom is 0.322 e. The van der Waals surface area contributed by atoms with Gasteiger partial charge < -0.3 is 5.32 Å². The number of nitrogens with one attached hydrogen (secondary N) is 1. The molecule has 0 saturated carbocycles. The molecule has 0 heterocycles. The largest absolute Gasteiger partial charge is 0.329 e. The average molecular weight is 331 g/mol. The van der Waals surface area contributed by atoms with Crippen molar-refractivity contribution in [1.82, 2.24) is 5.32 Å². The van der Waals surface area contributed by atoms with Crippen LogP contribution in [0.15, 0.2) is 48.5 Å². The monoisotopic (exact) mass is 330 g/mol. The number of halogens is 1. The molecule has 23 heavy (non-hydrogen) atoms. The Morgan fingerprint density at radius 2 is 1.83 bits per heavy atom. The zero-order chi connectivity index (χ0) is 17.0. The first-order valence-electron chi connectivity index (χ1n) is 7.76. The van der Waals surface area contributed by atoms with E-state index in [1.165, 1.54) is 0 Å². The molecular formula is C19H23ClN2O. The lowest BCUT2D eigenvalue weighted by molar-refractivity contribution is 0.236. The summed E-state index contributed by atoms with van der Waals surface area (Å²) in [5.74, 6) is 0. The summed E-state index contributed by atoms with van der Waals surface area (Å²) in [6, 6.07) is 15.4. The van der Waals surface area contributed by atoms with Gasteiger partial charge in [0, 0.05) is 17.3 Å². The molecule has 0 fully saturated rings. The van der Waals surface area contributed by atoms with Crippen molar-refractivity contribution in [3.05, 3.63) is 64.7 Å². The van der Waals surface area contributed by atoms with Gasteiger partial charge in [0.2, 0.25) is 0 Å². The third kappa shape index (κ3) is 4.26. The highest BCUT2D eigenvalue weighted by molar-refractivity contribution is 6.30. The minimum Gasteiger partial charge on any atom is -0.329 e. The summed E-state index contributed by atoms with van der Waals surface area (Å²) in [5.41, 5.74) is 2.55. The van der Waals surface area contributed by atoms with Crippen LogP contribution in [0.2, 0.25) is 5.02 Å². The van der Waals surface area contributed by atoms with Gasteiger partial charge in [-0.1, -0.05) is 35.9 Å². The molecule has 0 bridgehead atoms. The summed E-state index contributed by atoms with van der Waals surface area (Å²) in [5, 5.41) is 3.79. The van der Waals surface area contributed by atoms with Crippen LogP contribution in [0.5, 0.6) is 0 Å². The number of carbonyl (C=O) groups excluding carboxylic acids is 1. The van der Waals surface area contributed by atoms with E-state index in [0.717, 1.165) is 16.8 Å². The standard InChI is InChI=1S/C19H23ClN2O/c1-5-22(17-8-6-7-14(2)13-17)18(23)21-19(3,4)15-9-11-16(20)12-10-15/h6-13H,5H2,1-4H3,(H,21,23). The first-order chi connectivity index (χ1) is 10.8. The highest BCUT2D eigenvalue weighted by Crippen LogP contribution is 2.23. The lowest BCUT2D eigenvalue weighted by Gasteiger charge is -2.31. The molecule has 0 aliphatic rings. The summed E-state index contributed by atoms with van der Waals surface area (Å²) >= 11 is 5.94. The van der Waals surface area contributed by atoms with E-state index in [9.17, 15) is 4.79 Å². The number of nitrogens with zero attached hydrogens (tertiary/aromatic N) is 1. The van der Waals surface area contributed by atoms with E-state index >= 15 is 0 Å². The molecule has 0 aliphatic heterocycles. The number of hydrogen-bond acceptors (Lipinski definition) is 1. The molecule has 122 valence electrons. The predicted octanol–water partition coefficient (Wildman–Crippen LogP) is 5.12. The van der Waals surface area contributed by atoms with E-state index < -0.39 is 5.54 Å². The molecule has 4 heteroatoms. The zero-order valence-electron chi connectivity index (χ0n) is 14.1. The minimum absolute atomic E-state index is 0.113. The predicted molar refractivity (Wildman–Crippen MR) is 97.2 cm³/mol. The van der Waals surface area contributed by atoms with Crippen molar-refractivity contribution in [1.29, 1.82) is 0 Å². The van der Waals surface area contributed by atoms with Gasteiger partial charge >= 0.3 is 6.03 Å². The van der Waals surface area contributed by atoms with E-state index in [1.807, 2.05) is 76.2 Å². The molecule has 2 amide bonds. The van der Waals surface area contributed by atoms with Crippen LogP contribution in [0.3, 0.4) is 0 Å². The first-order valence-corrected chi connectivity index (χ1v) is 8.13. The summed E-state index contributed by atoms with van der Waals surface area (Å²) in [6.45, 7) is 8.56. The Kier molecular flexibility index (Phi) is 5.32. The minimum atomic E-state index is -0.487. The Labute approximate surface area is 143 Å². The van der Waals surface area contributed by atoms with E-state index in [-0.39, 0.29) is 6.03 Å². The number of anilines is 1. The molecule has 0 aromatic heterocycles.